The number of hydrazine groups is 1. The van der Waals surface area contributed by atoms with E-state index in [0.717, 1.165) is 12.8 Å². The van der Waals surface area contributed by atoms with Gasteiger partial charge in [-0.05, 0) is 88.9 Å². The second kappa shape index (κ2) is 26.8. The molecule has 1 saturated carbocycles. The number of carbonyl (C=O) groups is 5. The van der Waals surface area contributed by atoms with Crippen molar-refractivity contribution in [2.75, 3.05) is 67.6 Å². The maximum absolute atomic E-state index is 14.7. The molecule has 432 valence electrons. The number of ether oxygens (including phenoxy) is 2. The van der Waals surface area contributed by atoms with Gasteiger partial charge in [0.05, 0.1) is 40.3 Å². The molecule has 4 aliphatic rings. The zero-order valence-electron chi connectivity index (χ0n) is 45.8. The van der Waals surface area contributed by atoms with E-state index in [1.807, 2.05) is 69.1 Å². The number of nitrogens with one attached hydrogen (secondary N) is 2. The van der Waals surface area contributed by atoms with Gasteiger partial charge in [-0.2, -0.15) is 67.2 Å². The van der Waals surface area contributed by atoms with Gasteiger partial charge < -0.3 is 39.0 Å². The number of nitrogens with zero attached hydrogens (tertiary/aromatic N) is 8. The van der Waals surface area contributed by atoms with E-state index in [1.54, 1.807) is 55.4 Å². The van der Waals surface area contributed by atoms with Gasteiger partial charge in [0, 0.05) is 98.4 Å². The standard InChI is InChI=1S/C53H69F3N10O7S.4H2S/c1-32(2)45(62(8)50(71)63-23-24-65(52(29-63)18-19-52)43(67)15-12-21-61(6)7)47(68)59-39-26-42-58-40(28-74-42)34-16-17-41-36(25-34)37(27-51(4,5)31-73-49(70)38-14-11-22-66(60-38)48(39)69)46(64(41)30-53(54,55)56)35-13-10-20-57-44(35)33(3)72-9;;;;/h10,12-13,15-17,20,25,28,32-33,38-39,45,60H,11,14,18-19,21-24,26-27,29-31H2,1-9H3,(H,59,68);4*1H2/b15-12+;;;;/t33-,38-,39-,45-;;;;/m0..../s1. The molecule has 17 nitrogen and oxygen atoms in total. The van der Waals surface area contributed by atoms with Crippen molar-refractivity contribution in [3.63, 3.8) is 0 Å². The Hall–Kier alpha value is -4.50. The first-order valence-corrected chi connectivity index (χ1v) is 26.2. The number of piperazine rings is 1. The molecule has 4 atom stereocenters. The van der Waals surface area contributed by atoms with Crippen LogP contribution in [-0.2, 0) is 48.0 Å². The number of cyclic esters (lactones) is 1. The molecule has 2 N–H and O–H groups in total. The van der Waals surface area contributed by atoms with Crippen molar-refractivity contribution in [2.45, 2.75) is 116 Å². The molecule has 8 rings (SSSR count). The molecular weight excluding hydrogens is 1110 g/mol. The Morgan fingerprint density at radius 1 is 1.04 bits per heavy atom. The maximum atomic E-state index is 14.7. The Kier molecular flexibility index (Phi) is 22.7. The Morgan fingerprint density at radius 3 is 2.41 bits per heavy atom. The number of likely N-dealkylation sites (N-methyl/N-ethyl adjacent to an activating group) is 2. The highest BCUT2D eigenvalue weighted by Crippen LogP contribution is 2.45. The van der Waals surface area contributed by atoms with E-state index in [4.69, 9.17) is 14.5 Å². The summed E-state index contributed by atoms with van der Waals surface area (Å²) in [4.78, 5) is 87.5. The highest BCUT2D eigenvalue weighted by atomic mass is 32.1. The summed E-state index contributed by atoms with van der Waals surface area (Å²) in [5.74, 6) is -2.15. The van der Waals surface area contributed by atoms with Crippen LogP contribution in [0.1, 0.15) is 82.7 Å². The van der Waals surface area contributed by atoms with E-state index in [2.05, 4.69) is 15.7 Å². The van der Waals surface area contributed by atoms with Crippen LogP contribution >= 0.6 is 65.3 Å². The number of thiazole rings is 1. The molecule has 0 unspecified atom stereocenters. The minimum Gasteiger partial charge on any atom is -0.464 e. The van der Waals surface area contributed by atoms with Crippen molar-refractivity contribution in [3.05, 3.63) is 70.3 Å². The van der Waals surface area contributed by atoms with Gasteiger partial charge in [-0.1, -0.05) is 39.8 Å². The lowest BCUT2D eigenvalue weighted by molar-refractivity contribution is -0.155. The number of amides is 5. The lowest BCUT2D eigenvalue weighted by atomic mass is 9.84. The third kappa shape index (κ3) is 14.7. The van der Waals surface area contributed by atoms with Gasteiger partial charge in [0.2, 0.25) is 11.8 Å². The topological polar surface area (TPSA) is 175 Å². The van der Waals surface area contributed by atoms with Gasteiger partial charge >= 0.3 is 18.2 Å². The summed E-state index contributed by atoms with van der Waals surface area (Å²) in [5, 5.41) is 7.18. The first-order valence-electron chi connectivity index (χ1n) is 25.3. The number of rotatable bonds is 11. The van der Waals surface area contributed by atoms with Crippen molar-refractivity contribution in [3.8, 4) is 22.5 Å². The quantitative estimate of drug-likeness (QED) is 0.116. The summed E-state index contributed by atoms with van der Waals surface area (Å²) >= 11 is 1.27. The Labute approximate surface area is 487 Å². The number of pyridine rings is 1. The number of hydrogen-bond acceptors (Lipinski definition) is 12. The van der Waals surface area contributed by atoms with Crippen molar-refractivity contribution >= 4 is 106 Å². The summed E-state index contributed by atoms with van der Waals surface area (Å²) in [6.45, 7) is 9.66. The highest BCUT2D eigenvalue weighted by Gasteiger charge is 2.54. The van der Waals surface area contributed by atoms with Crippen molar-refractivity contribution < 1.29 is 46.6 Å². The predicted molar refractivity (Wildman–Crippen MR) is 316 cm³/mol. The summed E-state index contributed by atoms with van der Waals surface area (Å²) < 4.78 is 57.1. The number of aromatic nitrogens is 3. The maximum Gasteiger partial charge on any atom is 0.406 e. The van der Waals surface area contributed by atoms with Crippen LogP contribution in [0.15, 0.2) is 54.1 Å². The molecule has 1 aliphatic carbocycles. The van der Waals surface area contributed by atoms with Crippen LogP contribution in [0.5, 0.6) is 0 Å². The lowest BCUT2D eigenvalue weighted by Crippen LogP contribution is -2.64. The first kappa shape index (κ1) is 66.0. The third-order valence-corrected chi connectivity index (χ3v) is 15.4. The average Bonchev–Trinajstić information content (AvgIpc) is 3.86. The number of hydrogen-bond donors (Lipinski definition) is 2. The minimum absolute atomic E-state index is 0. The van der Waals surface area contributed by atoms with Crippen molar-refractivity contribution in [1.29, 1.82) is 0 Å². The molecule has 78 heavy (non-hydrogen) atoms. The number of alkyl halides is 3. The molecular formula is C53H77F3N10O7S5. The van der Waals surface area contributed by atoms with Crippen LogP contribution in [0.4, 0.5) is 18.0 Å². The van der Waals surface area contributed by atoms with Crippen LogP contribution in [0, 0.1) is 11.3 Å². The fourth-order valence-corrected chi connectivity index (χ4v) is 11.5. The number of halogens is 3. The molecule has 3 aromatic heterocycles. The summed E-state index contributed by atoms with van der Waals surface area (Å²) in [6.07, 6.45) is 2.32. The Balaban J connectivity index is 0.00000328. The summed E-state index contributed by atoms with van der Waals surface area (Å²) in [7, 11) is 6.94. The lowest BCUT2D eigenvalue weighted by Gasteiger charge is -2.44. The number of carbonyl (C=O) groups excluding carboxylic acids is 5. The van der Waals surface area contributed by atoms with Crippen LogP contribution in [0.3, 0.4) is 0 Å². The smallest absolute Gasteiger partial charge is 0.406 e. The SMILES string of the molecule is CO[C@@H](C)c1ncccc1-c1c2c3cc(ccc3n1CC(F)(F)F)-c1csc(n1)C[C@H](NC(=O)[C@H](C(C)C)N(C)C(=O)N1CCN(C(=O)/C=C/CN(C)C)C3(CC3)C1)C(=O)N1CCC[C@H](N1)C(=O)OCC(C)(C)C2.S.S.S.S. The minimum atomic E-state index is -4.60. The second-order valence-electron chi connectivity index (χ2n) is 21.6. The number of fused-ring (bicyclic) bond motifs is 6. The molecule has 3 fully saturated rings. The molecule has 2 saturated heterocycles. The number of methoxy groups -OCH3 is 1. The third-order valence-electron chi connectivity index (χ3n) is 14.5. The highest BCUT2D eigenvalue weighted by molar-refractivity contribution is 7.59. The van der Waals surface area contributed by atoms with Gasteiger partial charge in [0.1, 0.15) is 24.7 Å². The summed E-state index contributed by atoms with van der Waals surface area (Å²) in [5.41, 5.74) is 5.14. The average molecular weight is 1180 g/mol. The summed E-state index contributed by atoms with van der Waals surface area (Å²) in [6, 6.07) is 5.16. The van der Waals surface area contributed by atoms with Gasteiger partial charge in [0.25, 0.3) is 5.91 Å². The molecule has 4 aromatic rings. The van der Waals surface area contributed by atoms with Crippen LogP contribution in [0.25, 0.3) is 33.4 Å². The fourth-order valence-electron chi connectivity index (χ4n) is 10.6. The van der Waals surface area contributed by atoms with Crippen molar-refractivity contribution in [2.24, 2.45) is 11.3 Å². The first-order chi connectivity index (χ1) is 35.0. The van der Waals surface area contributed by atoms with Gasteiger partial charge in [-0.25, -0.2) is 15.2 Å². The normalized spacial score (nSPS) is 19.9. The number of benzene rings is 1. The molecule has 5 amide bonds. The van der Waals surface area contributed by atoms with Crippen LogP contribution < -0.4 is 10.7 Å². The predicted octanol–water partition coefficient (Wildman–Crippen LogP) is 7.07. The monoisotopic (exact) mass is 1180 g/mol. The number of esters is 1. The van der Waals surface area contributed by atoms with E-state index in [1.165, 1.54) is 32.9 Å². The molecule has 0 radical (unpaired) electrons. The second-order valence-corrected chi connectivity index (χ2v) is 22.6. The van der Waals surface area contributed by atoms with E-state index >= 15 is 0 Å². The molecule has 1 spiro atoms. The van der Waals surface area contributed by atoms with E-state index in [-0.39, 0.29) is 104 Å². The van der Waals surface area contributed by atoms with E-state index in [9.17, 15) is 37.1 Å². The van der Waals surface area contributed by atoms with Crippen molar-refractivity contribution in [1.82, 2.24) is 49.9 Å². The van der Waals surface area contributed by atoms with E-state index in [0.29, 0.717) is 82.2 Å². The molecule has 6 bridgehead atoms. The molecule has 1 aromatic carbocycles. The Morgan fingerprint density at radius 2 is 1.76 bits per heavy atom. The van der Waals surface area contributed by atoms with Crippen LogP contribution in [-0.4, -0.2) is 166 Å². The largest absolute Gasteiger partial charge is 0.464 e. The zero-order chi connectivity index (χ0) is 53.4. The van der Waals surface area contributed by atoms with Gasteiger partial charge in [-0.3, -0.25) is 29.2 Å². The molecule has 6 heterocycles. The van der Waals surface area contributed by atoms with Crippen LogP contribution in [0.2, 0.25) is 0 Å². The van der Waals surface area contributed by atoms with Gasteiger partial charge in [0.15, 0.2) is 0 Å². The van der Waals surface area contributed by atoms with Gasteiger partial charge in [-0.15, -0.1) is 11.3 Å². The fraction of sp³-hybridized carbons (Fsp3) is 0.566. The van der Waals surface area contributed by atoms with E-state index < -0.39 is 65.7 Å². The molecule has 25 heteroatoms. The zero-order valence-corrected chi connectivity index (χ0v) is 50.6. The Bertz CT molecular complexity index is 2810. The number of urea groups is 1. The molecule has 3 aliphatic heterocycles.